The second-order valence-electron chi connectivity index (χ2n) is 8.92. The van der Waals surface area contributed by atoms with Crippen molar-refractivity contribution >= 4 is 34.9 Å². The second-order valence-corrected chi connectivity index (χ2v) is 8.92. The quantitative estimate of drug-likeness (QED) is 0.475. The molecule has 4 rings (SSSR count). The lowest BCUT2D eigenvalue weighted by Crippen LogP contribution is -2.55. The van der Waals surface area contributed by atoms with E-state index in [2.05, 4.69) is 15.6 Å². The lowest BCUT2D eigenvalue weighted by Gasteiger charge is -2.24. The van der Waals surface area contributed by atoms with Gasteiger partial charge in [-0.3, -0.25) is 9.69 Å². The number of aromatic nitrogens is 2. The van der Waals surface area contributed by atoms with Crippen LogP contribution in [0.4, 0.5) is 10.7 Å². The number of fused-ring (bicyclic) bond motifs is 3. The van der Waals surface area contributed by atoms with Crippen LogP contribution in [0.3, 0.4) is 0 Å². The summed E-state index contributed by atoms with van der Waals surface area (Å²) in [5.74, 6) is -1.01. The molecule has 2 heterocycles. The van der Waals surface area contributed by atoms with Crippen molar-refractivity contribution in [1.29, 1.82) is 0 Å². The maximum atomic E-state index is 13.3. The van der Waals surface area contributed by atoms with Crippen LogP contribution < -0.4 is 15.5 Å². The molecule has 9 heteroatoms. The van der Waals surface area contributed by atoms with Gasteiger partial charge in [0.1, 0.15) is 12.1 Å². The van der Waals surface area contributed by atoms with Gasteiger partial charge in [0.2, 0.25) is 11.9 Å². The fraction of sp³-hybridized carbons (Fsp3) is 0.360. The van der Waals surface area contributed by atoms with E-state index in [9.17, 15) is 19.5 Å². The third kappa shape index (κ3) is 5.03. The Morgan fingerprint density at radius 2 is 1.68 bits per heavy atom. The van der Waals surface area contributed by atoms with Crippen molar-refractivity contribution < 1.29 is 19.5 Å². The van der Waals surface area contributed by atoms with Crippen LogP contribution in [0.2, 0.25) is 0 Å². The third-order valence-electron chi connectivity index (χ3n) is 5.89. The highest BCUT2D eigenvalue weighted by Crippen LogP contribution is 2.27. The normalized spacial score (nSPS) is 14.6. The number of nitrogens with zero attached hydrogens (tertiary/aromatic N) is 3. The summed E-state index contributed by atoms with van der Waals surface area (Å²) < 4.78 is 1.98. The number of aliphatic carboxylic acids is 1. The molecule has 0 radical (unpaired) electrons. The number of amides is 3. The molecule has 0 fully saturated rings. The number of nitrogens with one attached hydrogen (secondary N) is 2. The summed E-state index contributed by atoms with van der Waals surface area (Å²) in [6.45, 7) is 4.83. The highest BCUT2D eigenvalue weighted by Gasteiger charge is 2.32. The van der Waals surface area contributed by atoms with Gasteiger partial charge in [0.05, 0.1) is 11.0 Å². The van der Waals surface area contributed by atoms with Gasteiger partial charge in [-0.15, -0.1) is 0 Å². The molecule has 2 unspecified atom stereocenters. The Bertz CT molecular complexity index is 1190. The maximum Gasteiger partial charge on any atom is 0.326 e. The minimum absolute atomic E-state index is 0.0844. The summed E-state index contributed by atoms with van der Waals surface area (Å²) in [6, 6.07) is 14.6. The number of rotatable bonds is 8. The number of carboxylic acids is 1. The van der Waals surface area contributed by atoms with Crippen molar-refractivity contribution in [2.75, 3.05) is 11.4 Å². The monoisotopic (exact) mass is 463 g/mol. The van der Waals surface area contributed by atoms with Gasteiger partial charge < -0.3 is 20.3 Å². The first-order valence-corrected chi connectivity index (χ1v) is 11.4. The number of anilines is 1. The summed E-state index contributed by atoms with van der Waals surface area (Å²) in [6.07, 6.45) is 0.528. The molecule has 0 aliphatic carbocycles. The summed E-state index contributed by atoms with van der Waals surface area (Å²) in [7, 11) is 0. The van der Waals surface area contributed by atoms with Gasteiger partial charge in [-0.1, -0.05) is 56.3 Å². The number of carboxylic acid groups (broad SMARTS) is 1. The van der Waals surface area contributed by atoms with E-state index in [0.717, 1.165) is 16.6 Å². The molecule has 3 amide bonds. The summed E-state index contributed by atoms with van der Waals surface area (Å²) >= 11 is 0. The fourth-order valence-corrected chi connectivity index (χ4v) is 4.23. The molecule has 9 nitrogen and oxygen atoms in total. The number of hydrogen-bond donors (Lipinski definition) is 3. The van der Waals surface area contributed by atoms with Gasteiger partial charge in [-0.05, 0) is 30.0 Å². The van der Waals surface area contributed by atoms with E-state index in [0.29, 0.717) is 25.5 Å². The largest absolute Gasteiger partial charge is 0.480 e. The maximum absolute atomic E-state index is 13.3. The molecule has 3 N–H and O–H groups in total. The Morgan fingerprint density at radius 1 is 0.971 bits per heavy atom. The Hall–Kier alpha value is -3.88. The topological polar surface area (TPSA) is 117 Å². The van der Waals surface area contributed by atoms with Gasteiger partial charge in [-0.2, -0.15) is 0 Å². The molecule has 2 aromatic carbocycles. The molecule has 3 aromatic rings. The molecule has 1 aromatic heterocycles. The smallest absolute Gasteiger partial charge is 0.326 e. The van der Waals surface area contributed by atoms with Gasteiger partial charge >= 0.3 is 12.0 Å². The summed E-state index contributed by atoms with van der Waals surface area (Å²) in [4.78, 5) is 44.2. The van der Waals surface area contributed by atoms with Crippen molar-refractivity contribution in [1.82, 2.24) is 20.2 Å². The molecule has 2 atom stereocenters. The SMILES string of the molecule is CC(C)CC(NC(=O)C(Cc1ccccc1)NC(=O)N1CCn2c1nc1ccccc12)C(=O)O. The Balaban J connectivity index is 1.54. The van der Waals surface area contributed by atoms with E-state index in [1.165, 1.54) is 4.90 Å². The standard InChI is InChI=1S/C25H29N5O4/c1-16(2)14-20(23(32)33)26-22(31)19(15-17-8-4-3-5-9-17)28-25(34)30-13-12-29-21-11-7-6-10-18(21)27-24(29)30/h3-11,16,19-20H,12-15H2,1-2H3,(H,26,31)(H,28,34)(H,32,33). The Morgan fingerprint density at radius 3 is 2.38 bits per heavy atom. The van der Waals surface area contributed by atoms with Crippen molar-refractivity contribution in [3.63, 3.8) is 0 Å². The average Bonchev–Trinajstić information content (AvgIpc) is 3.38. The highest BCUT2D eigenvalue weighted by atomic mass is 16.4. The van der Waals surface area contributed by atoms with Crippen molar-refractivity contribution in [3.05, 3.63) is 60.2 Å². The van der Waals surface area contributed by atoms with Gasteiger partial charge in [0, 0.05) is 19.5 Å². The highest BCUT2D eigenvalue weighted by molar-refractivity contribution is 5.97. The second kappa shape index (κ2) is 9.94. The van der Waals surface area contributed by atoms with Gasteiger partial charge in [-0.25, -0.2) is 14.6 Å². The van der Waals surface area contributed by atoms with E-state index in [4.69, 9.17) is 0 Å². The van der Waals surface area contributed by atoms with Crippen LogP contribution in [0.15, 0.2) is 54.6 Å². The molecule has 34 heavy (non-hydrogen) atoms. The van der Waals surface area contributed by atoms with E-state index >= 15 is 0 Å². The predicted octanol–water partition coefficient (Wildman–Crippen LogP) is 2.79. The van der Waals surface area contributed by atoms with Crippen LogP contribution in [0.25, 0.3) is 11.0 Å². The lowest BCUT2D eigenvalue weighted by atomic mass is 10.0. The van der Waals surface area contributed by atoms with E-state index in [-0.39, 0.29) is 12.3 Å². The van der Waals surface area contributed by atoms with Crippen LogP contribution in [0.5, 0.6) is 0 Å². The number of urea groups is 1. The number of imidazole rings is 1. The molecule has 1 aliphatic rings. The van der Waals surface area contributed by atoms with E-state index < -0.39 is 30.0 Å². The van der Waals surface area contributed by atoms with Crippen molar-refractivity contribution in [2.45, 2.75) is 45.3 Å². The molecular weight excluding hydrogens is 434 g/mol. The van der Waals surface area contributed by atoms with Gasteiger partial charge in [0.15, 0.2) is 0 Å². The van der Waals surface area contributed by atoms with Crippen molar-refractivity contribution in [2.24, 2.45) is 5.92 Å². The van der Waals surface area contributed by atoms with Crippen LogP contribution in [0.1, 0.15) is 25.8 Å². The van der Waals surface area contributed by atoms with E-state index in [1.54, 1.807) is 0 Å². The zero-order chi connectivity index (χ0) is 24.2. The first kappa shape index (κ1) is 23.3. The molecule has 0 saturated carbocycles. The number of hydrogen-bond acceptors (Lipinski definition) is 4. The lowest BCUT2D eigenvalue weighted by molar-refractivity contribution is -0.142. The molecule has 0 spiro atoms. The first-order chi connectivity index (χ1) is 16.3. The third-order valence-corrected chi connectivity index (χ3v) is 5.89. The summed E-state index contributed by atoms with van der Waals surface area (Å²) in [5.41, 5.74) is 2.60. The van der Waals surface area contributed by atoms with Crippen LogP contribution in [-0.4, -0.2) is 51.2 Å². The Labute approximate surface area is 197 Å². The molecular formula is C25H29N5O4. The predicted molar refractivity (Wildman–Crippen MR) is 129 cm³/mol. The number of benzene rings is 2. The van der Waals surface area contributed by atoms with Crippen molar-refractivity contribution in [3.8, 4) is 0 Å². The summed E-state index contributed by atoms with van der Waals surface area (Å²) in [5, 5.41) is 15.0. The minimum atomic E-state index is -1.10. The first-order valence-electron chi connectivity index (χ1n) is 11.4. The number of carbonyl (C=O) groups excluding carboxylic acids is 2. The molecule has 178 valence electrons. The number of carbonyl (C=O) groups is 3. The van der Waals surface area contributed by atoms with E-state index in [1.807, 2.05) is 73.0 Å². The van der Waals surface area contributed by atoms with Crippen LogP contribution in [-0.2, 0) is 22.6 Å². The average molecular weight is 464 g/mol. The van der Waals surface area contributed by atoms with Crippen LogP contribution in [0, 0.1) is 5.92 Å². The fourth-order valence-electron chi connectivity index (χ4n) is 4.23. The zero-order valence-corrected chi connectivity index (χ0v) is 19.3. The zero-order valence-electron chi connectivity index (χ0n) is 19.3. The molecule has 0 bridgehead atoms. The number of para-hydroxylation sites is 2. The van der Waals surface area contributed by atoms with Crippen LogP contribution >= 0.6 is 0 Å². The molecule has 0 saturated heterocycles. The van der Waals surface area contributed by atoms with Gasteiger partial charge in [0.25, 0.3) is 0 Å². The Kier molecular flexibility index (Phi) is 6.81. The molecule has 1 aliphatic heterocycles. The minimum Gasteiger partial charge on any atom is -0.480 e.